The molecular formula is C25H31N9O2S. The van der Waals surface area contributed by atoms with Crippen LogP contribution in [0.5, 0.6) is 0 Å². The molecule has 0 unspecified atom stereocenters. The topological polar surface area (TPSA) is 148 Å². The molecule has 0 atom stereocenters. The van der Waals surface area contributed by atoms with Gasteiger partial charge in [0.05, 0.1) is 34.9 Å². The first kappa shape index (κ1) is 24.0. The highest BCUT2D eigenvalue weighted by Crippen LogP contribution is 2.44. The summed E-state index contributed by atoms with van der Waals surface area (Å²) in [7, 11) is 0. The monoisotopic (exact) mass is 521 g/mol. The van der Waals surface area contributed by atoms with Gasteiger partial charge in [-0.2, -0.15) is 4.98 Å². The zero-order valence-electron chi connectivity index (χ0n) is 20.6. The van der Waals surface area contributed by atoms with E-state index in [1.807, 2.05) is 12.1 Å². The van der Waals surface area contributed by atoms with Crippen molar-refractivity contribution in [2.75, 3.05) is 54.5 Å². The van der Waals surface area contributed by atoms with Crippen LogP contribution in [0.25, 0.3) is 15.9 Å². The van der Waals surface area contributed by atoms with Gasteiger partial charge in [0.25, 0.3) is 5.91 Å². The van der Waals surface area contributed by atoms with E-state index in [9.17, 15) is 4.79 Å². The summed E-state index contributed by atoms with van der Waals surface area (Å²) in [6, 6.07) is 4.06. The number of nitrogens with zero attached hydrogens (tertiary/aromatic N) is 6. The van der Waals surface area contributed by atoms with Crippen molar-refractivity contribution in [2.24, 2.45) is 11.5 Å². The zero-order chi connectivity index (χ0) is 25.4. The maximum absolute atomic E-state index is 13.4. The van der Waals surface area contributed by atoms with Crippen LogP contribution in [-0.2, 0) is 9.53 Å². The summed E-state index contributed by atoms with van der Waals surface area (Å²) in [5, 5.41) is 3.99. The molecule has 1 aliphatic carbocycles. The maximum atomic E-state index is 13.4. The van der Waals surface area contributed by atoms with Crippen molar-refractivity contribution >= 4 is 49.8 Å². The number of piperidine rings is 1. The minimum Gasteiger partial charge on any atom is -0.404 e. The van der Waals surface area contributed by atoms with Gasteiger partial charge in [-0.25, -0.2) is 15.0 Å². The fourth-order valence-electron chi connectivity index (χ4n) is 4.75. The molecule has 6 rings (SSSR count). The number of carbonyl (C=O) groups excluding carboxylic acids is 1. The summed E-state index contributed by atoms with van der Waals surface area (Å²) in [4.78, 5) is 36.5. The Balaban J connectivity index is 1.25. The second kappa shape index (κ2) is 10.2. The van der Waals surface area contributed by atoms with Gasteiger partial charge in [0.1, 0.15) is 5.82 Å². The smallest absolute Gasteiger partial charge is 0.261 e. The Labute approximate surface area is 218 Å². The van der Waals surface area contributed by atoms with Crippen molar-refractivity contribution < 1.29 is 9.53 Å². The Morgan fingerprint density at radius 2 is 1.86 bits per heavy atom. The molecule has 5 N–H and O–H groups in total. The lowest BCUT2D eigenvalue weighted by Gasteiger charge is -2.31. The predicted octanol–water partition coefficient (Wildman–Crippen LogP) is 2.06. The Kier molecular flexibility index (Phi) is 6.61. The summed E-state index contributed by atoms with van der Waals surface area (Å²) in [5.41, 5.74) is 14.5. The van der Waals surface area contributed by atoms with E-state index >= 15 is 0 Å². The van der Waals surface area contributed by atoms with Crippen LogP contribution in [0.2, 0.25) is 0 Å². The lowest BCUT2D eigenvalue weighted by atomic mass is 10.1. The molecule has 3 fully saturated rings. The number of fused-ring (bicyclic) bond motifs is 1. The normalized spacial score (nSPS) is 19.4. The largest absolute Gasteiger partial charge is 0.404 e. The van der Waals surface area contributed by atoms with E-state index in [0.717, 1.165) is 78.9 Å². The zero-order valence-corrected chi connectivity index (χ0v) is 21.4. The van der Waals surface area contributed by atoms with Gasteiger partial charge in [0, 0.05) is 50.5 Å². The van der Waals surface area contributed by atoms with Crippen molar-refractivity contribution in [1.82, 2.24) is 19.9 Å². The van der Waals surface area contributed by atoms with Gasteiger partial charge in [0.2, 0.25) is 0 Å². The molecule has 0 spiro atoms. The molecule has 11 nitrogen and oxygen atoms in total. The average molecular weight is 522 g/mol. The number of hydrogen-bond donors (Lipinski definition) is 3. The van der Waals surface area contributed by atoms with Gasteiger partial charge in [-0.3, -0.25) is 4.79 Å². The Morgan fingerprint density at radius 3 is 2.59 bits per heavy atom. The molecular weight excluding hydrogens is 490 g/mol. The molecule has 0 aromatic carbocycles. The average Bonchev–Trinajstić information content (AvgIpc) is 3.69. The standard InChI is InChI=1S/C25H31N9O2S/c26-14-17(22-28-6-3-20(30-22)33-7-4-16(27)5-8-33)24(35)29-18-13-19-23(31-21(18)15-1-2-15)32-25(37-19)34-9-11-36-12-10-34/h3,6,13-16H,1-2,4-5,7-12,26-27H2,(H,29,35). The molecule has 3 aliphatic rings. The van der Waals surface area contributed by atoms with Crippen molar-refractivity contribution in [3.8, 4) is 0 Å². The fourth-order valence-corrected chi connectivity index (χ4v) is 5.75. The van der Waals surface area contributed by atoms with E-state index in [1.165, 1.54) is 6.20 Å². The second-order valence-electron chi connectivity index (χ2n) is 9.71. The van der Waals surface area contributed by atoms with Crippen LogP contribution in [-0.4, -0.2) is 71.3 Å². The number of anilines is 3. The SMILES string of the molecule is NC=C(C(=O)Nc1cc2sc(N3CCOCC3)nc2nc1C1CC1)c1nccc(N2CCC(N)CC2)n1. The molecule has 2 saturated heterocycles. The summed E-state index contributed by atoms with van der Waals surface area (Å²) in [5.74, 6) is 1.03. The van der Waals surface area contributed by atoms with Crippen molar-refractivity contribution in [2.45, 2.75) is 37.6 Å². The van der Waals surface area contributed by atoms with Crippen LogP contribution in [0, 0.1) is 0 Å². The first-order valence-corrected chi connectivity index (χ1v) is 13.6. The Hall–Kier alpha value is -3.35. The Bertz CT molecular complexity index is 1320. The van der Waals surface area contributed by atoms with E-state index in [1.54, 1.807) is 17.5 Å². The molecule has 194 valence electrons. The van der Waals surface area contributed by atoms with Crippen LogP contribution >= 0.6 is 11.3 Å². The van der Waals surface area contributed by atoms with E-state index in [-0.39, 0.29) is 17.5 Å². The highest BCUT2D eigenvalue weighted by molar-refractivity contribution is 7.22. The lowest BCUT2D eigenvalue weighted by Crippen LogP contribution is -2.40. The second-order valence-corrected chi connectivity index (χ2v) is 10.7. The van der Waals surface area contributed by atoms with Gasteiger partial charge in [-0.1, -0.05) is 11.3 Å². The third-order valence-corrected chi connectivity index (χ3v) is 8.10. The number of nitrogens with one attached hydrogen (secondary N) is 1. The van der Waals surface area contributed by atoms with E-state index < -0.39 is 0 Å². The molecule has 0 bridgehead atoms. The van der Waals surface area contributed by atoms with Crippen LogP contribution in [0.3, 0.4) is 0 Å². The number of thiazole rings is 1. The van der Waals surface area contributed by atoms with Gasteiger partial charge in [0.15, 0.2) is 16.6 Å². The molecule has 3 aromatic heterocycles. The molecule has 12 heteroatoms. The van der Waals surface area contributed by atoms with Gasteiger partial charge >= 0.3 is 0 Å². The lowest BCUT2D eigenvalue weighted by molar-refractivity contribution is -0.111. The molecule has 0 radical (unpaired) electrons. The summed E-state index contributed by atoms with van der Waals surface area (Å²) in [6.45, 7) is 4.66. The van der Waals surface area contributed by atoms with Crippen LogP contribution in [0.1, 0.15) is 43.1 Å². The van der Waals surface area contributed by atoms with Crippen molar-refractivity contribution in [1.29, 1.82) is 0 Å². The molecule has 1 amide bonds. The van der Waals surface area contributed by atoms with Gasteiger partial charge in [-0.05, 0) is 37.8 Å². The number of aromatic nitrogens is 4. The fraction of sp³-hybridized carbons (Fsp3) is 0.480. The number of nitrogens with two attached hydrogens (primary N) is 2. The van der Waals surface area contributed by atoms with Crippen molar-refractivity contribution in [3.63, 3.8) is 0 Å². The summed E-state index contributed by atoms with van der Waals surface area (Å²) >= 11 is 1.58. The number of rotatable bonds is 6. The van der Waals surface area contributed by atoms with Gasteiger partial charge < -0.3 is 31.3 Å². The number of morpholine rings is 1. The number of carbonyl (C=O) groups is 1. The highest BCUT2D eigenvalue weighted by Gasteiger charge is 2.30. The number of ether oxygens (including phenoxy) is 1. The molecule has 2 aliphatic heterocycles. The quantitative estimate of drug-likeness (QED) is 0.412. The number of pyridine rings is 1. The third kappa shape index (κ3) is 5.09. The minimum absolute atomic E-state index is 0.218. The van der Waals surface area contributed by atoms with Crippen LogP contribution in [0.4, 0.5) is 16.6 Å². The molecule has 5 heterocycles. The summed E-state index contributed by atoms with van der Waals surface area (Å²) in [6.07, 6.45) is 6.84. The maximum Gasteiger partial charge on any atom is 0.261 e. The molecule has 1 saturated carbocycles. The first-order valence-electron chi connectivity index (χ1n) is 12.8. The summed E-state index contributed by atoms with van der Waals surface area (Å²) < 4.78 is 6.40. The number of amides is 1. The van der Waals surface area contributed by atoms with E-state index in [4.69, 9.17) is 26.2 Å². The van der Waals surface area contributed by atoms with Gasteiger partial charge in [-0.15, -0.1) is 0 Å². The van der Waals surface area contributed by atoms with E-state index in [2.05, 4.69) is 25.1 Å². The van der Waals surface area contributed by atoms with Crippen molar-refractivity contribution in [3.05, 3.63) is 36.0 Å². The Morgan fingerprint density at radius 1 is 1.08 bits per heavy atom. The van der Waals surface area contributed by atoms with E-state index in [0.29, 0.717) is 30.6 Å². The van der Waals surface area contributed by atoms with Crippen LogP contribution < -0.4 is 26.6 Å². The minimum atomic E-state index is -0.360. The third-order valence-electron chi connectivity index (χ3n) is 7.05. The molecule has 37 heavy (non-hydrogen) atoms. The predicted molar refractivity (Wildman–Crippen MR) is 145 cm³/mol. The number of hydrogen-bond acceptors (Lipinski definition) is 11. The highest BCUT2D eigenvalue weighted by atomic mass is 32.1. The molecule has 3 aromatic rings. The van der Waals surface area contributed by atoms with Crippen LogP contribution in [0.15, 0.2) is 24.5 Å². The first-order chi connectivity index (χ1) is 18.1.